The highest BCUT2D eigenvalue weighted by Crippen LogP contribution is 2.48. The second-order valence-electron chi connectivity index (χ2n) is 39.2. The molecule has 0 fully saturated rings. The summed E-state index contributed by atoms with van der Waals surface area (Å²) in [5, 5.41) is 22.1. The van der Waals surface area contributed by atoms with E-state index in [4.69, 9.17) is 16.1 Å². The number of hydrazine groups is 1. The topological polar surface area (TPSA) is 150 Å². The zero-order chi connectivity index (χ0) is 92.7. The zero-order valence-electron chi connectivity index (χ0n) is 80.1. The summed E-state index contributed by atoms with van der Waals surface area (Å²) < 4.78 is 104. The lowest BCUT2D eigenvalue weighted by atomic mass is 9.80. The molecule has 0 spiro atoms. The van der Waals surface area contributed by atoms with Crippen molar-refractivity contribution in [3.8, 4) is 0 Å². The predicted octanol–water partition coefficient (Wildman–Crippen LogP) is 22.0. The van der Waals surface area contributed by atoms with Crippen molar-refractivity contribution >= 4 is 10.2 Å². The van der Waals surface area contributed by atoms with Crippen LogP contribution in [0.3, 0.4) is 0 Å². The van der Waals surface area contributed by atoms with Gasteiger partial charge in [0, 0.05) is 91.1 Å². The fourth-order valence-corrected chi connectivity index (χ4v) is 18.6. The number of likely N-dealkylation sites (N-methyl/N-ethyl adjacent to an activating group) is 3. The van der Waals surface area contributed by atoms with Crippen LogP contribution < -0.4 is 21.6 Å². The Hall–Kier alpha value is -7.15. The van der Waals surface area contributed by atoms with Gasteiger partial charge in [0.15, 0.2) is 0 Å². The molecule has 3 unspecified atom stereocenters. The fraction of sp³-hybridized carbons (Fsp3) is 0.547. The quantitative estimate of drug-likeness (QED) is 0.0622. The van der Waals surface area contributed by atoms with Crippen molar-refractivity contribution in [1.82, 2.24) is 39.5 Å². The number of benzene rings is 8. The van der Waals surface area contributed by atoms with Gasteiger partial charge in [-0.05, 0) is 281 Å². The van der Waals surface area contributed by atoms with Crippen LogP contribution in [0.15, 0.2) is 146 Å². The third kappa shape index (κ3) is 27.0. The maximum atomic E-state index is 13.5. The molecule has 8 aliphatic heterocycles. The Morgan fingerprint density at radius 2 is 0.730 bits per heavy atom. The fourth-order valence-electron chi connectivity index (χ4n) is 17.9. The molecule has 13 nitrogen and oxygen atoms in total. The molecule has 692 valence electrons. The molecule has 7 N–H and O–H groups in total. The molecule has 0 amide bonds. The minimum Gasteiger partial charge on any atom is -0.395 e. The normalized spacial score (nSPS) is 19.6. The Labute approximate surface area is 754 Å². The van der Waals surface area contributed by atoms with E-state index in [1.54, 1.807) is 41.9 Å². The van der Waals surface area contributed by atoms with Crippen molar-refractivity contribution in [3.05, 3.63) is 279 Å². The minimum atomic E-state index is -4.28. The number of nitrogens with two attached hydrogens (primary N) is 2. The SMILES string of the molecule is CC(C)c1ccc2c(c1)CCN(C)C2.CC(C)c1ccc2c(c1)CCN(C)C2.CC(C)c1ccc2c(c1)CCN(C)C2(C)C(F)(F)F.CC(C)c1ccc2c(c1)CCN(CCO)C2.CC(C)c1ccc2c(c1)CCN(N)C2.CC(C)c1ccc2c(c1)CCN(S(N)(=O)=O)C2.CC(C)c1ccc2c(c1)CCNC2(C)C(F)(F)F.CC(C)c1ccc2c(c1)CCNC2C. The Kier molecular flexibility index (Phi) is 36.7. The summed E-state index contributed by atoms with van der Waals surface area (Å²) in [5.74, 6) is 10.1. The standard InChI is InChI=1S/C15H20F3N.C14H18F3N.C14H21NO.3C13H19N.C12H18N2O2S.C12H18N2/c1-10(2)11-5-6-13-12(9-11)7-8-19(4)14(13,3)15(16,17)18;1-9(2)10-4-5-12-11(8-10)6-7-18-13(12,3)14(15,16)17;1-11(2)12-3-4-14-10-15(7-8-16)6-5-13(14)9-12;2*1-10(2)11-4-5-13-9-14(3)7-6-12(13)8-11;1-9(2)11-4-5-13-10(3)14-7-6-12(13)8-11;1-9(2)10-3-4-12-8-14(17(13,15)16)6-5-11(12)7-10;1-9(2)10-3-4-12-8-14(13)6-5-11(12)7-10/h5-6,9-10H,7-8H2,1-4H3;4-5,8-9,18H,6-7H2,1-3H3;3-4,9,11,16H,5-8,10H2,1-2H3;2*4-5,8,10H,6-7,9H2,1-3H3;4-5,8-10,14H,6-7H2,1-3H3;3-4,7,9H,5-6,8H2,1-2H3,(H2,13,15,16);3-4,7,9H,5-6,8,13H2,1-2H3. The Morgan fingerprint density at radius 1 is 0.397 bits per heavy atom. The Balaban J connectivity index is 0.000000163. The molecule has 8 aromatic carbocycles. The van der Waals surface area contributed by atoms with Gasteiger partial charge in [-0.3, -0.25) is 21.0 Å². The summed E-state index contributed by atoms with van der Waals surface area (Å²) in [4.78, 5) is 8.50. The van der Waals surface area contributed by atoms with Gasteiger partial charge in [-0.2, -0.15) is 39.1 Å². The lowest BCUT2D eigenvalue weighted by Gasteiger charge is -2.45. The molecular weight excluding hydrogens is 1610 g/mol. The molecule has 0 bridgehead atoms. The van der Waals surface area contributed by atoms with Gasteiger partial charge < -0.3 is 20.2 Å². The van der Waals surface area contributed by atoms with Crippen molar-refractivity contribution in [3.63, 3.8) is 0 Å². The number of hydrogen-bond acceptors (Lipinski definition) is 11. The number of halogens is 6. The third-order valence-corrected chi connectivity index (χ3v) is 28.1. The second-order valence-corrected chi connectivity index (χ2v) is 40.8. The van der Waals surface area contributed by atoms with Crippen LogP contribution in [0, 0.1) is 0 Å². The lowest BCUT2D eigenvalue weighted by Crippen LogP contribution is -2.55. The van der Waals surface area contributed by atoms with Gasteiger partial charge in [0.2, 0.25) is 0 Å². The van der Waals surface area contributed by atoms with Gasteiger partial charge in [0.25, 0.3) is 10.2 Å². The van der Waals surface area contributed by atoms with E-state index in [-0.39, 0.29) is 6.61 Å². The van der Waals surface area contributed by atoms with E-state index in [9.17, 15) is 34.8 Å². The maximum absolute atomic E-state index is 13.5. The van der Waals surface area contributed by atoms with Crippen molar-refractivity contribution in [1.29, 1.82) is 0 Å². The van der Waals surface area contributed by atoms with E-state index >= 15 is 0 Å². The van der Waals surface area contributed by atoms with Gasteiger partial charge >= 0.3 is 12.4 Å². The van der Waals surface area contributed by atoms with E-state index in [0.29, 0.717) is 104 Å². The van der Waals surface area contributed by atoms with E-state index in [1.165, 1.54) is 133 Å². The molecule has 0 saturated heterocycles. The lowest BCUT2D eigenvalue weighted by molar-refractivity contribution is -0.230. The number of hydrogen-bond donors (Lipinski definition) is 5. The zero-order valence-corrected chi connectivity index (χ0v) is 80.9. The highest BCUT2D eigenvalue weighted by atomic mass is 32.2. The summed E-state index contributed by atoms with van der Waals surface area (Å²) in [6.45, 7) is 52.2. The average molecular weight is 1760 g/mol. The number of aliphatic hydroxyl groups excluding tert-OH is 1. The van der Waals surface area contributed by atoms with Crippen molar-refractivity contribution < 1.29 is 39.9 Å². The minimum absolute atomic E-state index is 0.263. The van der Waals surface area contributed by atoms with Crippen molar-refractivity contribution in [2.75, 3.05) is 86.7 Å². The molecule has 0 saturated carbocycles. The first-order chi connectivity index (χ1) is 59.2. The molecule has 8 heterocycles. The largest absolute Gasteiger partial charge is 0.410 e. The summed E-state index contributed by atoms with van der Waals surface area (Å²) in [5.41, 5.74) is 26.7. The van der Waals surface area contributed by atoms with Crippen LogP contribution in [-0.4, -0.2) is 141 Å². The molecule has 0 aliphatic carbocycles. The van der Waals surface area contributed by atoms with Crippen LogP contribution in [0.2, 0.25) is 0 Å². The molecule has 0 aromatic heterocycles. The number of aliphatic hydroxyl groups is 1. The molecule has 20 heteroatoms. The first-order valence-corrected chi connectivity index (χ1v) is 48.0. The van der Waals surface area contributed by atoms with E-state index in [2.05, 4.69) is 246 Å². The smallest absolute Gasteiger partial charge is 0.395 e. The van der Waals surface area contributed by atoms with Gasteiger partial charge in [0.1, 0.15) is 11.1 Å². The van der Waals surface area contributed by atoms with Crippen LogP contribution in [-0.2, 0) is 105 Å². The van der Waals surface area contributed by atoms with Gasteiger partial charge in [-0.1, -0.05) is 256 Å². The van der Waals surface area contributed by atoms with E-state index in [1.807, 2.05) is 43.1 Å². The van der Waals surface area contributed by atoms with E-state index < -0.39 is 33.6 Å². The molecule has 8 aliphatic rings. The monoisotopic (exact) mass is 1760 g/mol. The van der Waals surface area contributed by atoms with Crippen LogP contribution in [0.25, 0.3) is 0 Å². The summed E-state index contributed by atoms with van der Waals surface area (Å²) in [6, 6.07) is 52.1. The highest BCUT2D eigenvalue weighted by molar-refractivity contribution is 7.86. The number of β-amino-alcohol motifs (C(OH)–C–C–N with tert-alkyl or cyclic N) is 1. The molecule has 0 radical (unpaired) electrons. The first-order valence-electron chi connectivity index (χ1n) is 46.5. The number of rotatable bonds is 11. The van der Waals surface area contributed by atoms with Crippen molar-refractivity contribution in [2.24, 2.45) is 11.0 Å². The molecule has 16 rings (SSSR count). The number of fused-ring (bicyclic) bond motifs is 8. The Morgan fingerprint density at radius 3 is 1.13 bits per heavy atom. The average Bonchev–Trinajstić information content (AvgIpc) is 0.724. The summed E-state index contributed by atoms with van der Waals surface area (Å²) in [7, 11) is 2.37. The molecule has 8 aromatic rings. The van der Waals surface area contributed by atoms with Crippen LogP contribution in [0.5, 0.6) is 0 Å². The third-order valence-electron chi connectivity index (χ3n) is 27.0. The predicted molar refractivity (Wildman–Crippen MR) is 511 cm³/mol. The summed E-state index contributed by atoms with van der Waals surface area (Å²) >= 11 is 0. The van der Waals surface area contributed by atoms with Crippen LogP contribution >= 0.6 is 0 Å². The molecule has 3 atom stereocenters. The summed E-state index contributed by atoms with van der Waals surface area (Å²) in [6.07, 6.45) is -0.648. The van der Waals surface area contributed by atoms with Crippen LogP contribution in [0.4, 0.5) is 26.3 Å². The number of alkyl halides is 6. The van der Waals surface area contributed by atoms with Gasteiger partial charge in [-0.25, -0.2) is 10.1 Å². The highest BCUT2D eigenvalue weighted by Gasteiger charge is 2.57. The van der Waals surface area contributed by atoms with E-state index in [0.717, 1.165) is 99.4 Å². The van der Waals surface area contributed by atoms with Crippen molar-refractivity contribution in [2.45, 2.75) is 292 Å². The van der Waals surface area contributed by atoms with Gasteiger partial charge in [-0.15, -0.1) is 0 Å². The van der Waals surface area contributed by atoms with Crippen LogP contribution in [0.1, 0.15) is 318 Å². The molecular formula is C106H152F6N10O3S. The molecule has 126 heavy (non-hydrogen) atoms. The van der Waals surface area contributed by atoms with Gasteiger partial charge in [0.05, 0.1) is 6.61 Å². The number of nitrogens with zero attached hydrogens (tertiary/aromatic N) is 6. The second kappa shape index (κ2) is 45.1. The number of nitrogens with one attached hydrogen (secondary N) is 2. The maximum Gasteiger partial charge on any atom is 0.410 e. The Bertz CT molecular complexity index is 4820. The first kappa shape index (κ1) is 103.